The van der Waals surface area contributed by atoms with Crippen LogP contribution in [0, 0.1) is 12.7 Å². The van der Waals surface area contributed by atoms with Crippen LogP contribution in [0.15, 0.2) is 48.5 Å². The molecule has 0 bridgehead atoms. The van der Waals surface area contributed by atoms with E-state index in [-0.39, 0.29) is 37.7 Å². The molecule has 0 aliphatic heterocycles. The van der Waals surface area contributed by atoms with Gasteiger partial charge in [-0.15, -0.1) is 0 Å². The summed E-state index contributed by atoms with van der Waals surface area (Å²) in [6.45, 7) is 9.59. The highest BCUT2D eigenvalue weighted by atomic mass is 32.2. The number of hydrogen-bond donors (Lipinski definition) is 1. The Morgan fingerprint density at radius 3 is 2.11 bits per heavy atom. The number of rotatable bonds is 10. The fourth-order valence-corrected chi connectivity index (χ4v) is 4.52. The standard InChI is InChI=1S/C26H36FN3O4S/c1-19-9-11-21(12-10-19)18-29(20(2)25(32)28-26(3,4)5)24(31)8-7-17-30(35(6,33)34)23-15-13-22(27)14-16-23/h9-16,20H,7-8,17-18H2,1-6H3,(H,28,32)/t20-/m1/s1. The van der Waals surface area contributed by atoms with Crippen molar-refractivity contribution in [2.24, 2.45) is 0 Å². The molecular weight excluding hydrogens is 469 g/mol. The molecule has 2 aromatic carbocycles. The second-order valence-corrected chi connectivity index (χ2v) is 11.7. The summed E-state index contributed by atoms with van der Waals surface area (Å²) in [5.41, 5.74) is 1.86. The van der Waals surface area contributed by atoms with Crippen LogP contribution in [-0.2, 0) is 26.2 Å². The third-order valence-electron chi connectivity index (χ3n) is 5.41. The number of nitrogens with one attached hydrogen (secondary N) is 1. The molecule has 2 aromatic rings. The third-order valence-corrected chi connectivity index (χ3v) is 6.60. The molecule has 7 nitrogen and oxygen atoms in total. The Bertz CT molecular complexity index is 1110. The number of halogens is 1. The van der Waals surface area contributed by atoms with Crippen LogP contribution in [0.3, 0.4) is 0 Å². The minimum absolute atomic E-state index is 0.0478. The minimum atomic E-state index is -3.63. The Hall–Kier alpha value is -2.94. The van der Waals surface area contributed by atoms with Crippen LogP contribution in [-0.4, -0.2) is 49.5 Å². The molecule has 0 saturated carbocycles. The topological polar surface area (TPSA) is 86.8 Å². The zero-order valence-corrected chi connectivity index (χ0v) is 22.2. The zero-order chi connectivity index (χ0) is 26.4. The van der Waals surface area contributed by atoms with E-state index in [4.69, 9.17) is 0 Å². The molecule has 0 aliphatic rings. The van der Waals surface area contributed by atoms with Crippen LogP contribution in [0.4, 0.5) is 10.1 Å². The van der Waals surface area contributed by atoms with E-state index in [0.29, 0.717) is 5.69 Å². The first-order chi connectivity index (χ1) is 16.2. The Morgan fingerprint density at radius 1 is 1.03 bits per heavy atom. The molecule has 0 unspecified atom stereocenters. The van der Waals surface area contributed by atoms with Crippen molar-refractivity contribution >= 4 is 27.5 Å². The van der Waals surface area contributed by atoms with Gasteiger partial charge in [0.2, 0.25) is 21.8 Å². The molecule has 2 rings (SSSR count). The van der Waals surface area contributed by atoms with Gasteiger partial charge >= 0.3 is 0 Å². The molecule has 0 saturated heterocycles. The van der Waals surface area contributed by atoms with Gasteiger partial charge in [-0.2, -0.15) is 0 Å². The van der Waals surface area contributed by atoms with Gasteiger partial charge in [-0.05, 0) is 70.9 Å². The monoisotopic (exact) mass is 505 g/mol. The molecule has 2 amide bonds. The Balaban J connectivity index is 2.17. The van der Waals surface area contributed by atoms with Crippen molar-refractivity contribution in [3.8, 4) is 0 Å². The lowest BCUT2D eigenvalue weighted by Crippen LogP contribution is -2.52. The Morgan fingerprint density at radius 2 is 1.60 bits per heavy atom. The summed E-state index contributed by atoms with van der Waals surface area (Å²) < 4.78 is 39.1. The second-order valence-electron chi connectivity index (χ2n) is 9.84. The molecule has 0 heterocycles. The molecule has 0 aromatic heterocycles. The first-order valence-corrected chi connectivity index (χ1v) is 13.4. The van der Waals surface area contributed by atoms with E-state index in [1.807, 2.05) is 52.0 Å². The molecule has 9 heteroatoms. The summed E-state index contributed by atoms with van der Waals surface area (Å²) in [4.78, 5) is 27.6. The maximum atomic E-state index is 13.3. The van der Waals surface area contributed by atoms with E-state index in [1.165, 1.54) is 29.2 Å². The molecule has 192 valence electrons. The number of nitrogens with zero attached hydrogens (tertiary/aromatic N) is 2. The first kappa shape index (κ1) is 28.3. The molecule has 0 radical (unpaired) electrons. The second kappa shape index (κ2) is 11.7. The fraction of sp³-hybridized carbons (Fsp3) is 0.462. The van der Waals surface area contributed by atoms with E-state index >= 15 is 0 Å². The van der Waals surface area contributed by atoms with Crippen LogP contribution in [0.2, 0.25) is 0 Å². The number of sulfonamides is 1. The highest BCUT2D eigenvalue weighted by Gasteiger charge is 2.28. The highest BCUT2D eigenvalue weighted by molar-refractivity contribution is 7.92. The van der Waals surface area contributed by atoms with Crippen molar-refractivity contribution in [1.29, 1.82) is 0 Å². The number of hydrogen-bond acceptors (Lipinski definition) is 4. The molecule has 1 N–H and O–H groups in total. The van der Waals surface area contributed by atoms with Gasteiger partial charge in [0.05, 0.1) is 11.9 Å². The summed E-state index contributed by atoms with van der Waals surface area (Å²) in [5, 5.41) is 2.92. The largest absolute Gasteiger partial charge is 0.350 e. The van der Waals surface area contributed by atoms with Gasteiger partial charge in [-0.25, -0.2) is 12.8 Å². The normalized spacial score (nSPS) is 12.7. The van der Waals surface area contributed by atoms with Crippen LogP contribution in [0.1, 0.15) is 51.7 Å². The summed E-state index contributed by atoms with van der Waals surface area (Å²) in [7, 11) is -3.63. The Labute approximate surface area is 208 Å². The SMILES string of the molecule is Cc1ccc(CN(C(=O)CCCN(c2ccc(F)cc2)S(C)(=O)=O)[C@H](C)C(=O)NC(C)(C)C)cc1. The molecule has 1 atom stereocenters. The lowest BCUT2D eigenvalue weighted by Gasteiger charge is -2.32. The van der Waals surface area contributed by atoms with Crippen LogP contribution in [0.5, 0.6) is 0 Å². The van der Waals surface area contributed by atoms with Crippen molar-refractivity contribution in [2.75, 3.05) is 17.1 Å². The summed E-state index contributed by atoms with van der Waals surface area (Å²) in [5.74, 6) is -0.983. The molecule has 35 heavy (non-hydrogen) atoms. The number of aryl methyl sites for hydroxylation is 1. The van der Waals surface area contributed by atoms with Gasteiger partial charge in [0.1, 0.15) is 11.9 Å². The van der Waals surface area contributed by atoms with Crippen LogP contribution >= 0.6 is 0 Å². The van der Waals surface area contributed by atoms with Crippen molar-refractivity contribution < 1.29 is 22.4 Å². The van der Waals surface area contributed by atoms with Crippen LogP contribution in [0.25, 0.3) is 0 Å². The number of benzene rings is 2. The lowest BCUT2D eigenvalue weighted by molar-refractivity contribution is -0.141. The number of carbonyl (C=O) groups is 2. The van der Waals surface area contributed by atoms with E-state index in [2.05, 4.69) is 5.32 Å². The van der Waals surface area contributed by atoms with Crippen molar-refractivity contribution in [3.05, 3.63) is 65.5 Å². The molecule has 0 fully saturated rings. The van der Waals surface area contributed by atoms with Gasteiger partial charge in [0.15, 0.2) is 0 Å². The van der Waals surface area contributed by atoms with Crippen LogP contribution < -0.4 is 9.62 Å². The molecule has 0 spiro atoms. The average Bonchev–Trinajstić information content (AvgIpc) is 2.74. The van der Waals surface area contributed by atoms with Crippen molar-refractivity contribution in [2.45, 2.75) is 65.6 Å². The highest BCUT2D eigenvalue weighted by Crippen LogP contribution is 2.20. The summed E-state index contributed by atoms with van der Waals surface area (Å²) >= 11 is 0. The summed E-state index contributed by atoms with van der Waals surface area (Å²) in [6.07, 6.45) is 1.36. The average molecular weight is 506 g/mol. The first-order valence-electron chi connectivity index (χ1n) is 11.6. The predicted molar refractivity (Wildman–Crippen MR) is 137 cm³/mol. The quantitative estimate of drug-likeness (QED) is 0.529. The van der Waals surface area contributed by atoms with Crippen molar-refractivity contribution in [1.82, 2.24) is 10.2 Å². The van der Waals surface area contributed by atoms with E-state index < -0.39 is 27.4 Å². The lowest BCUT2D eigenvalue weighted by atomic mass is 10.1. The summed E-state index contributed by atoms with van der Waals surface area (Å²) in [6, 6.07) is 12.2. The van der Waals surface area contributed by atoms with Gasteiger partial charge in [-0.1, -0.05) is 29.8 Å². The molecule has 0 aliphatic carbocycles. The zero-order valence-electron chi connectivity index (χ0n) is 21.3. The third kappa shape index (κ3) is 8.98. The van der Waals surface area contributed by atoms with Gasteiger partial charge in [-0.3, -0.25) is 13.9 Å². The molecular formula is C26H36FN3O4S. The van der Waals surface area contributed by atoms with E-state index in [1.54, 1.807) is 6.92 Å². The number of anilines is 1. The van der Waals surface area contributed by atoms with Gasteiger partial charge < -0.3 is 10.2 Å². The Kier molecular flexibility index (Phi) is 9.43. The smallest absolute Gasteiger partial charge is 0.242 e. The van der Waals surface area contributed by atoms with Gasteiger partial charge in [0.25, 0.3) is 0 Å². The maximum Gasteiger partial charge on any atom is 0.242 e. The fourth-order valence-electron chi connectivity index (χ4n) is 3.56. The van der Waals surface area contributed by atoms with Crippen molar-refractivity contribution in [3.63, 3.8) is 0 Å². The van der Waals surface area contributed by atoms with Gasteiger partial charge in [0, 0.05) is 25.0 Å². The maximum absolute atomic E-state index is 13.3. The number of amides is 2. The predicted octanol–water partition coefficient (Wildman–Crippen LogP) is 4.01. The van der Waals surface area contributed by atoms with E-state index in [9.17, 15) is 22.4 Å². The van der Waals surface area contributed by atoms with E-state index in [0.717, 1.165) is 21.7 Å². The minimum Gasteiger partial charge on any atom is -0.350 e. The number of carbonyl (C=O) groups excluding carboxylic acids is 2.